The summed E-state index contributed by atoms with van der Waals surface area (Å²) in [4.78, 5) is 0. The molecule has 0 saturated carbocycles. The van der Waals surface area contributed by atoms with Gasteiger partial charge in [-0.3, -0.25) is 0 Å². The van der Waals surface area contributed by atoms with Crippen molar-refractivity contribution < 1.29 is 4.39 Å². The molecule has 0 unspecified atom stereocenters. The van der Waals surface area contributed by atoms with Crippen molar-refractivity contribution in [1.82, 2.24) is 0 Å². The summed E-state index contributed by atoms with van der Waals surface area (Å²) in [5.41, 5.74) is 6.03. The summed E-state index contributed by atoms with van der Waals surface area (Å²) in [6, 6.07) is 4.97. The van der Waals surface area contributed by atoms with E-state index in [2.05, 4.69) is 17.6 Å². The highest BCUT2D eigenvalue weighted by Gasteiger charge is 1.97. The molecule has 0 radical (unpaired) electrons. The maximum Gasteiger partial charge on any atom is 0.138 e. The van der Waals surface area contributed by atoms with Crippen LogP contribution in [0.3, 0.4) is 0 Å². The lowest BCUT2D eigenvalue weighted by Gasteiger charge is -1.96. The van der Waals surface area contributed by atoms with Gasteiger partial charge in [-0.15, -0.1) is 0 Å². The zero-order valence-corrected chi connectivity index (χ0v) is 9.76. The molecule has 1 aromatic rings. The number of benzene rings is 1. The van der Waals surface area contributed by atoms with Crippen LogP contribution in [0.5, 0.6) is 0 Å². The van der Waals surface area contributed by atoms with Crippen LogP contribution in [0.15, 0.2) is 18.2 Å². The third-order valence-corrected chi connectivity index (χ3v) is 1.62. The third-order valence-electron chi connectivity index (χ3n) is 1.62. The number of rotatable bonds is 0. The molecule has 1 aromatic carbocycles. The molecule has 82 valence electrons. The van der Waals surface area contributed by atoms with Crippen LogP contribution in [0.4, 0.5) is 4.39 Å². The third kappa shape index (κ3) is 5.19. The van der Waals surface area contributed by atoms with E-state index in [1.807, 2.05) is 20.8 Å². The van der Waals surface area contributed by atoms with Crippen LogP contribution < -0.4 is 5.73 Å². The first kappa shape index (κ1) is 13.7. The maximum absolute atomic E-state index is 13.1. The molecule has 0 spiro atoms. The van der Waals surface area contributed by atoms with E-state index in [0.29, 0.717) is 5.56 Å². The Hall–Kier alpha value is -1.33. The maximum atomic E-state index is 13.1. The number of aryl methyl sites for hydroxylation is 1. The van der Waals surface area contributed by atoms with Gasteiger partial charge >= 0.3 is 0 Å². The fraction of sp³-hybridized carbons (Fsp3) is 0.385. The molecular weight excluding hydrogens is 189 g/mol. The van der Waals surface area contributed by atoms with Crippen molar-refractivity contribution in [2.45, 2.75) is 20.8 Å². The first-order valence-corrected chi connectivity index (χ1v) is 4.95. The van der Waals surface area contributed by atoms with Crippen LogP contribution in [0.1, 0.15) is 25.0 Å². The van der Waals surface area contributed by atoms with Gasteiger partial charge in [-0.2, -0.15) is 0 Å². The molecule has 1 nitrogen and oxygen atoms in total. The van der Waals surface area contributed by atoms with Crippen LogP contribution in [-0.2, 0) is 0 Å². The highest BCUT2D eigenvalue weighted by molar-refractivity contribution is 5.38. The minimum absolute atomic E-state index is 0.237. The predicted molar refractivity (Wildman–Crippen MR) is 63.0 cm³/mol. The average Bonchev–Trinajstić information content (AvgIpc) is 2.22. The molecule has 0 amide bonds. The Bertz CT molecular complexity index is 359. The molecular formula is C13H18FN. The lowest BCUT2D eigenvalue weighted by Crippen LogP contribution is -1.86. The van der Waals surface area contributed by atoms with Crippen molar-refractivity contribution in [3.05, 3.63) is 35.1 Å². The van der Waals surface area contributed by atoms with E-state index in [0.717, 1.165) is 5.56 Å². The summed E-state index contributed by atoms with van der Waals surface area (Å²) < 4.78 is 13.1. The van der Waals surface area contributed by atoms with Gasteiger partial charge in [-0.05, 0) is 31.7 Å². The van der Waals surface area contributed by atoms with E-state index in [4.69, 9.17) is 0 Å². The number of nitrogens with two attached hydrogens (primary N) is 1. The lowest BCUT2D eigenvalue weighted by atomic mass is 10.1. The molecule has 0 heterocycles. The predicted octanol–water partition coefficient (Wildman–Crippen LogP) is 2.72. The number of hydrogen-bond donors (Lipinski definition) is 1. The van der Waals surface area contributed by atoms with E-state index >= 15 is 0 Å². The van der Waals surface area contributed by atoms with Crippen LogP contribution in [0.25, 0.3) is 0 Å². The van der Waals surface area contributed by atoms with Crippen molar-refractivity contribution in [2.75, 3.05) is 7.05 Å². The Morgan fingerprint density at radius 1 is 1.27 bits per heavy atom. The molecule has 0 fully saturated rings. The summed E-state index contributed by atoms with van der Waals surface area (Å²) in [5.74, 6) is 5.81. The molecule has 0 aliphatic carbocycles. The molecule has 0 aromatic heterocycles. The SMILES string of the molecule is CN.Cc1ccc(F)c(C#CC(C)C)c1. The van der Waals surface area contributed by atoms with Gasteiger partial charge in [0.05, 0.1) is 5.56 Å². The fourth-order valence-corrected chi connectivity index (χ4v) is 0.957. The fourth-order valence-electron chi connectivity index (χ4n) is 0.957. The second kappa shape index (κ2) is 7.03. The highest BCUT2D eigenvalue weighted by atomic mass is 19.1. The van der Waals surface area contributed by atoms with Crippen molar-refractivity contribution in [3.63, 3.8) is 0 Å². The molecule has 0 bridgehead atoms. The minimum Gasteiger partial charge on any atom is -0.333 e. The Labute approximate surface area is 91.5 Å². The van der Waals surface area contributed by atoms with Crippen molar-refractivity contribution in [1.29, 1.82) is 0 Å². The van der Waals surface area contributed by atoms with E-state index in [-0.39, 0.29) is 11.7 Å². The molecule has 0 aliphatic heterocycles. The first-order chi connectivity index (χ1) is 7.09. The lowest BCUT2D eigenvalue weighted by molar-refractivity contribution is 0.624. The van der Waals surface area contributed by atoms with E-state index < -0.39 is 0 Å². The van der Waals surface area contributed by atoms with Crippen LogP contribution in [-0.4, -0.2) is 7.05 Å². The Kier molecular flexibility index (Phi) is 6.40. The Balaban J connectivity index is 0.000000921. The van der Waals surface area contributed by atoms with Crippen LogP contribution >= 0.6 is 0 Å². The molecule has 0 saturated heterocycles. The number of hydrogen-bond acceptors (Lipinski definition) is 1. The molecule has 2 heteroatoms. The van der Waals surface area contributed by atoms with Gasteiger partial charge in [0.1, 0.15) is 5.82 Å². The van der Waals surface area contributed by atoms with Gasteiger partial charge in [-0.1, -0.05) is 31.8 Å². The van der Waals surface area contributed by atoms with Crippen molar-refractivity contribution in [2.24, 2.45) is 11.7 Å². The monoisotopic (exact) mass is 207 g/mol. The second-order valence-corrected chi connectivity index (χ2v) is 3.41. The zero-order valence-electron chi connectivity index (χ0n) is 9.76. The van der Waals surface area contributed by atoms with Crippen molar-refractivity contribution in [3.8, 4) is 11.8 Å². The molecule has 1 rings (SSSR count). The molecule has 0 atom stereocenters. The van der Waals surface area contributed by atoms with E-state index in [1.165, 1.54) is 13.1 Å². The van der Waals surface area contributed by atoms with Gasteiger partial charge in [0, 0.05) is 5.92 Å². The van der Waals surface area contributed by atoms with Crippen molar-refractivity contribution >= 4 is 0 Å². The zero-order chi connectivity index (χ0) is 11.8. The van der Waals surface area contributed by atoms with Gasteiger partial charge in [-0.25, -0.2) is 4.39 Å². The van der Waals surface area contributed by atoms with Gasteiger partial charge in [0.15, 0.2) is 0 Å². The van der Waals surface area contributed by atoms with E-state index in [9.17, 15) is 4.39 Å². The van der Waals surface area contributed by atoms with E-state index in [1.54, 1.807) is 12.1 Å². The summed E-state index contributed by atoms with van der Waals surface area (Å²) >= 11 is 0. The topological polar surface area (TPSA) is 26.0 Å². The first-order valence-electron chi connectivity index (χ1n) is 4.95. The molecule has 0 aliphatic rings. The number of halogens is 1. The molecule has 15 heavy (non-hydrogen) atoms. The average molecular weight is 207 g/mol. The quantitative estimate of drug-likeness (QED) is 0.650. The summed E-state index contributed by atoms with van der Waals surface area (Å²) in [6.07, 6.45) is 0. The summed E-state index contributed by atoms with van der Waals surface area (Å²) in [7, 11) is 1.50. The smallest absolute Gasteiger partial charge is 0.138 e. The largest absolute Gasteiger partial charge is 0.333 e. The molecule has 2 N–H and O–H groups in total. The van der Waals surface area contributed by atoms with Gasteiger partial charge in [0.25, 0.3) is 0 Å². The second-order valence-electron chi connectivity index (χ2n) is 3.41. The van der Waals surface area contributed by atoms with Gasteiger partial charge < -0.3 is 5.73 Å². The van der Waals surface area contributed by atoms with Crippen LogP contribution in [0.2, 0.25) is 0 Å². The standard InChI is InChI=1S/C12H13F.CH5N/c1-9(2)4-6-11-8-10(3)5-7-12(11)13;1-2/h5,7-9H,1-3H3;2H2,1H3. The van der Waals surface area contributed by atoms with Crippen LogP contribution in [0, 0.1) is 30.5 Å². The highest BCUT2D eigenvalue weighted by Crippen LogP contribution is 2.08. The summed E-state index contributed by atoms with van der Waals surface area (Å²) in [6.45, 7) is 5.90. The Morgan fingerprint density at radius 2 is 1.87 bits per heavy atom. The summed E-state index contributed by atoms with van der Waals surface area (Å²) in [5, 5.41) is 0. The van der Waals surface area contributed by atoms with Gasteiger partial charge in [0.2, 0.25) is 0 Å². The normalized spacial score (nSPS) is 8.73. The Morgan fingerprint density at radius 3 is 2.40 bits per heavy atom. The minimum atomic E-state index is -0.237.